The summed E-state index contributed by atoms with van der Waals surface area (Å²) in [7, 11) is -1.93. The second-order valence-electron chi connectivity index (χ2n) is 4.37. The van der Waals surface area contributed by atoms with Gasteiger partial charge < -0.3 is 9.47 Å². The van der Waals surface area contributed by atoms with E-state index in [1.165, 1.54) is 19.2 Å². The zero-order chi connectivity index (χ0) is 15.5. The highest BCUT2D eigenvalue weighted by Gasteiger charge is 2.08. The monoisotopic (exact) mass is 306 g/mol. The smallest absolute Gasteiger partial charge is 0.337 e. The Labute approximate surface area is 123 Å². The van der Waals surface area contributed by atoms with Gasteiger partial charge in [-0.2, -0.15) is 0 Å². The van der Waals surface area contributed by atoms with E-state index in [2.05, 4.69) is 4.74 Å². The molecule has 110 valence electrons. The summed E-state index contributed by atoms with van der Waals surface area (Å²) in [6.07, 6.45) is 1.14. The molecule has 0 aliphatic heterocycles. The van der Waals surface area contributed by atoms with Crippen molar-refractivity contribution >= 4 is 15.8 Å². The fraction of sp³-hybridized carbons (Fsp3) is 0.133. The lowest BCUT2D eigenvalue weighted by molar-refractivity contribution is 0.0600. The zero-order valence-electron chi connectivity index (χ0n) is 11.6. The van der Waals surface area contributed by atoms with Crippen molar-refractivity contribution < 1.29 is 22.7 Å². The van der Waals surface area contributed by atoms with Gasteiger partial charge in [-0.15, -0.1) is 0 Å². The van der Waals surface area contributed by atoms with E-state index >= 15 is 0 Å². The average molecular weight is 306 g/mol. The van der Waals surface area contributed by atoms with Gasteiger partial charge >= 0.3 is 5.97 Å². The van der Waals surface area contributed by atoms with Gasteiger partial charge in [-0.1, -0.05) is 6.07 Å². The number of hydrogen-bond donors (Lipinski definition) is 0. The van der Waals surface area contributed by atoms with Crippen LogP contribution < -0.4 is 4.74 Å². The lowest BCUT2D eigenvalue weighted by atomic mass is 10.2. The highest BCUT2D eigenvalue weighted by atomic mass is 32.2. The summed E-state index contributed by atoms with van der Waals surface area (Å²) in [5.74, 6) is 0.488. The van der Waals surface area contributed by atoms with E-state index in [9.17, 15) is 13.2 Å². The van der Waals surface area contributed by atoms with Gasteiger partial charge in [-0.05, 0) is 42.5 Å². The predicted molar refractivity (Wildman–Crippen MR) is 77.4 cm³/mol. The number of carbonyl (C=O) groups excluding carboxylic acids is 1. The molecule has 0 saturated carbocycles. The van der Waals surface area contributed by atoms with E-state index in [1.54, 1.807) is 36.4 Å². The SMILES string of the molecule is COC(=O)c1cccc(Oc2ccc(S(C)(=O)=O)cc2)c1. The van der Waals surface area contributed by atoms with Crippen LogP contribution in [0.4, 0.5) is 0 Å². The molecule has 2 aromatic rings. The van der Waals surface area contributed by atoms with E-state index in [1.807, 2.05) is 0 Å². The van der Waals surface area contributed by atoms with Crippen molar-refractivity contribution in [2.45, 2.75) is 4.90 Å². The third kappa shape index (κ3) is 3.82. The topological polar surface area (TPSA) is 69.7 Å². The maximum absolute atomic E-state index is 11.4. The van der Waals surface area contributed by atoms with Crippen LogP contribution in [0.15, 0.2) is 53.4 Å². The molecule has 0 aliphatic carbocycles. The fourth-order valence-corrected chi connectivity index (χ4v) is 2.33. The van der Waals surface area contributed by atoms with Crippen LogP contribution in [-0.2, 0) is 14.6 Å². The van der Waals surface area contributed by atoms with Gasteiger partial charge in [0.25, 0.3) is 0 Å². The lowest BCUT2D eigenvalue weighted by Crippen LogP contribution is -2.01. The largest absolute Gasteiger partial charge is 0.465 e. The molecule has 0 N–H and O–H groups in total. The van der Waals surface area contributed by atoms with E-state index in [4.69, 9.17) is 4.74 Å². The van der Waals surface area contributed by atoms with Crippen molar-refractivity contribution in [3.8, 4) is 11.5 Å². The molecule has 0 heterocycles. The number of hydrogen-bond acceptors (Lipinski definition) is 5. The maximum Gasteiger partial charge on any atom is 0.337 e. The van der Waals surface area contributed by atoms with Crippen LogP contribution in [0.2, 0.25) is 0 Å². The predicted octanol–water partition coefficient (Wildman–Crippen LogP) is 2.67. The normalized spacial score (nSPS) is 11.0. The maximum atomic E-state index is 11.4. The number of ether oxygens (including phenoxy) is 2. The Kier molecular flexibility index (Phi) is 4.28. The number of methoxy groups -OCH3 is 1. The summed E-state index contributed by atoms with van der Waals surface area (Å²) in [6.45, 7) is 0. The molecule has 0 fully saturated rings. The lowest BCUT2D eigenvalue weighted by Gasteiger charge is -2.07. The van der Waals surface area contributed by atoms with Gasteiger partial charge in [0.05, 0.1) is 17.6 Å². The zero-order valence-corrected chi connectivity index (χ0v) is 12.4. The molecule has 21 heavy (non-hydrogen) atoms. The summed E-state index contributed by atoms with van der Waals surface area (Å²) >= 11 is 0. The molecule has 2 rings (SSSR count). The number of rotatable bonds is 4. The summed E-state index contributed by atoms with van der Waals surface area (Å²) in [6, 6.07) is 12.6. The molecule has 0 unspecified atom stereocenters. The van der Waals surface area contributed by atoms with Crippen molar-refractivity contribution in [3.63, 3.8) is 0 Å². The van der Waals surface area contributed by atoms with E-state index in [0.717, 1.165) is 6.26 Å². The molecule has 2 aromatic carbocycles. The molecule has 0 bridgehead atoms. The van der Waals surface area contributed by atoms with Gasteiger partial charge in [0.2, 0.25) is 0 Å². The first kappa shape index (κ1) is 15.1. The molecule has 0 saturated heterocycles. The average Bonchev–Trinajstić information content (AvgIpc) is 2.46. The van der Waals surface area contributed by atoms with Gasteiger partial charge in [-0.25, -0.2) is 13.2 Å². The van der Waals surface area contributed by atoms with E-state index < -0.39 is 15.8 Å². The Balaban J connectivity index is 2.20. The third-order valence-electron chi connectivity index (χ3n) is 2.74. The third-order valence-corrected chi connectivity index (χ3v) is 3.87. The van der Waals surface area contributed by atoms with Crippen LogP contribution >= 0.6 is 0 Å². The van der Waals surface area contributed by atoms with Crippen LogP contribution in [0.3, 0.4) is 0 Å². The fourth-order valence-electron chi connectivity index (χ4n) is 1.70. The first-order chi connectivity index (χ1) is 9.90. The van der Waals surface area contributed by atoms with Crippen LogP contribution in [0.25, 0.3) is 0 Å². The quantitative estimate of drug-likeness (QED) is 0.812. The Morgan fingerprint density at radius 3 is 2.24 bits per heavy atom. The van der Waals surface area contributed by atoms with E-state index in [0.29, 0.717) is 17.1 Å². The minimum Gasteiger partial charge on any atom is -0.465 e. The Hall–Kier alpha value is -2.34. The van der Waals surface area contributed by atoms with E-state index in [-0.39, 0.29) is 4.90 Å². The summed E-state index contributed by atoms with van der Waals surface area (Å²) < 4.78 is 32.9. The van der Waals surface area contributed by atoms with Crippen LogP contribution in [0.1, 0.15) is 10.4 Å². The summed E-state index contributed by atoms with van der Waals surface area (Å²) in [5.41, 5.74) is 0.378. The molecule has 5 nitrogen and oxygen atoms in total. The van der Waals surface area contributed by atoms with Crippen molar-refractivity contribution in [2.24, 2.45) is 0 Å². The molecule has 0 amide bonds. The van der Waals surface area contributed by atoms with Crippen LogP contribution in [0.5, 0.6) is 11.5 Å². The molecule has 0 aromatic heterocycles. The second kappa shape index (κ2) is 5.97. The minimum absolute atomic E-state index is 0.221. The summed E-state index contributed by atoms with van der Waals surface area (Å²) in [4.78, 5) is 11.6. The molecule has 0 atom stereocenters. The number of carbonyl (C=O) groups is 1. The van der Waals surface area contributed by atoms with Crippen molar-refractivity contribution in [1.29, 1.82) is 0 Å². The molecule has 6 heteroatoms. The van der Waals surface area contributed by atoms with Crippen molar-refractivity contribution in [3.05, 3.63) is 54.1 Å². The van der Waals surface area contributed by atoms with Crippen molar-refractivity contribution in [1.82, 2.24) is 0 Å². The van der Waals surface area contributed by atoms with Crippen LogP contribution in [0, 0.1) is 0 Å². The highest BCUT2D eigenvalue weighted by Crippen LogP contribution is 2.24. The summed E-state index contributed by atoms with van der Waals surface area (Å²) in [5, 5.41) is 0. The number of esters is 1. The van der Waals surface area contributed by atoms with Gasteiger partial charge in [-0.3, -0.25) is 0 Å². The van der Waals surface area contributed by atoms with Gasteiger partial charge in [0.1, 0.15) is 11.5 Å². The molecular weight excluding hydrogens is 292 g/mol. The second-order valence-corrected chi connectivity index (χ2v) is 6.38. The van der Waals surface area contributed by atoms with Crippen molar-refractivity contribution in [2.75, 3.05) is 13.4 Å². The Morgan fingerprint density at radius 2 is 1.67 bits per heavy atom. The van der Waals surface area contributed by atoms with Gasteiger partial charge in [0.15, 0.2) is 9.84 Å². The Morgan fingerprint density at radius 1 is 1.00 bits per heavy atom. The molecule has 0 aliphatic rings. The standard InChI is InChI=1S/C15H14O5S/c1-19-15(16)11-4-3-5-13(10-11)20-12-6-8-14(9-7-12)21(2,17)18/h3-10H,1-2H3. The first-order valence-corrected chi connectivity index (χ1v) is 7.95. The molecule has 0 spiro atoms. The molecule has 0 radical (unpaired) electrons. The number of benzene rings is 2. The minimum atomic E-state index is -3.23. The van der Waals surface area contributed by atoms with Crippen LogP contribution in [-0.4, -0.2) is 27.8 Å². The van der Waals surface area contributed by atoms with Gasteiger partial charge in [0, 0.05) is 6.26 Å². The highest BCUT2D eigenvalue weighted by molar-refractivity contribution is 7.90. The Bertz CT molecular complexity index is 748. The number of sulfone groups is 1. The first-order valence-electron chi connectivity index (χ1n) is 6.06. The molecular formula is C15H14O5S.